The fraction of sp³-hybridized carbons (Fsp3) is 0.111. The van der Waals surface area contributed by atoms with Crippen molar-refractivity contribution in [2.24, 2.45) is 0 Å². The fourth-order valence-corrected chi connectivity index (χ4v) is 2.74. The van der Waals surface area contributed by atoms with Crippen molar-refractivity contribution >= 4 is 39.8 Å². The van der Waals surface area contributed by atoms with Crippen LogP contribution < -0.4 is 10.6 Å². The maximum absolute atomic E-state index is 12.1. The first-order valence-electron chi connectivity index (χ1n) is 7.26. The summed E-state index contributed by atoms with van der Waals surface area (Å²) >= 11 is 1.68. The standard InChI is InChI=1S/C18H17N3OS/c1-23-17-4-2-3-15(10-17)20-12-18(22)21-16-6-5-14-11-19-8-7-13(14)9-16/h2-11,20H,12H2,1H3,(H,21,22). The molecule has 5 heteroatoms. The normalized spacial score (nSPS) is 10.5. The quantitative estimate of drug-likeness (QED) is 0.697. The number of carbonyl (C=O) groups is 1. The number of fused-ring (bicyclic) bond motifs is 1. The number of thioether (sulfide) groups is 1. The number of aromatic nitrogens is 1. The molecule has 1 amide bonds. The van der Waals surface area contributed by atoms with Crippen LogP contribution in [0.2, 0.25) is 0 Å². The second kappa shape index (κ2) is 7.15. The molecular weight excluding hydrogens is 306 g/mol. The molecule has 4 nitrogen and oxygen atoms in total. The van der Waals surface area contributed by atoms with Crippen LogP contribution in [-0.4, -0.2) is 23.7 Å². The number of hydrogen-bond donors (Lipinski definition) is 2. The maximum atomic E-state index is 12.1. The molecule has 0 spiro atoms. The van der Waals surface area contributed by atoms with Gasteiger partial charge in [0.1, 0.15) is 0 Å². The van der Waals surface area contributed by atoms with E-state index in [0.717, 1.165) is 22.1 Å². The molecule has 0 fully saturated rings. The molecule has 1 heterocycles. The van der Waals surface area contributed by atoms with Crippen molar-refractivity contribution < 1.29 is 4.79 Å². The Bertz CT molecular complexity index is 835. The van der Waals surface area contributed by atoms with E-state index in [0.29, 0.717) is 0 Å². The molecule has 0 aliphatic carbocycles. The number of hydrogen-bond acceptors (Lipinski definition) is 4. The number of nitrogens with one attached hydrogen (secondary N) is 2. The highest BCUT2D eigenvalue weighted by molar-refractivity contribution is 7.98. The smallest absolute Gasteiger partial charge is 0.243 e. The van der Waals surface area contributed by atoms with Crippen LogP contribution in [0.5, 0.6) is 0 Å². The highest BCUT2D eigenvalue weighted by Gasteiger charge is 2.04. The Morgan fingerprint density at radius 3 is 2.87 bits per heavy atom. The Hall–Kier alpha value is -2.53. The summed E-state index contributed by atoms with van der Waals surface area (Å²) in [5.41, 5.74) is 1.73. The summed E-state index contributed by atoms with van der Waals surface area (Å²) in [5.74, 6) is -0.0760. The number of pyridine rings is 1. The van der Waals surface area contributed by atoms with Gasteiger partial charge in [-0.3, -0.25) is 9.78 Å². The van der Waals surface area contributed by atoms with Crippen molar-refractivity contribution in [1.29, 1.82) is 0 Å². The third kappa shape index (κ3) is 4.02. The van der Waals surface area contributed by atoms with E-state index in [1.165, 1.54) is 4.90 Å². The number of nitrogens with zero attached hydrogens (tertiary/aromatic N) is 1. The molecule has 3 rings (SSSR count). The number of rotatable bonds is 5. The Labute approximate surface area is 139 Å². The zero-order chi connectivity index (χ0) is 16.1. The predicted octanol–water partition coefficient (Wildman–Crippen LogP) is 4.01. The molecule has 2 N–H and O–H groups in total. The highest BCUT2D eigenvalue weighted by atomic mass is 32.2. The topological polar surface area (TPSA) is 54.0 Å². The van der Waals surface area contributed by atoms with Crippen molar-refractivity contribution in [2.45, 2.75) is 4.90 Å². The molecule has 0 saturated heterocycles. The van der Waals surface area contributed by atoms with Crippen molar-refractivity contribution in [3.05, 3.63) is 60.9 Å². The molecule has 0 unspecified atom stereocenters. The zero-order valence-electron chi connectivity index (χ0n) is 12.7. The molecule has 2 aromatic carbocycles. The van der Waals surface area contributed by atoms with Gasteiger partial charge in [0, 0.05) is 34.1 Å². The van der Waals surface area contributed by atoms with E-state index in [1.54, 1.807) is 24.2 Å². The lowest BCUT2D eigenvalue weighted by Gasteiger charge is -2.09. The van der Waals surface area contributed by atoms with Crippen molar-refractivity contribution in [1.82, 2.24) is 4.98 Å². The van der Waals surface area contributed by atoms with Crippen LogP contribution in [0.4, 0.5) is 11.4 Å². The van der Waals surface area contributed by atoms with Gasteiger partial charge >= 0.3 is 0 Å². The van der Waals surface area contributed by atoms with Gasteiger partial charge in [0.2, 0.25) is 5.91 Å². The van der Waals surface area contributed by atoms with Crippen LogP contribution in [-0.2, 0) is 4.79 Å². The van der Waals surface area contributed by atoms with E-state index in [-0.39, 0.29) is 12.5 Å². The summed E-state index contributed by atoms with van der Waals surface area (Å²) in [7, 11) is 0. The highest BCUT2D eigenvalue weighted by Crippen LogP contribution is 2.19. The molecule has 116 valence electrons. The van der Waals surface area contributed by atoms with Crippen LogP contribution in [0.25, 0.3) is 10.8 Å². The minimum atomic E-state index is -0.0760. The van der Waals surface area contributed by atoms with Gasteiger partial charge in [-0.2, -0.15) is 0 Å². The summed E-state index contributed by atoms with van der Waals surface area (Å²) < 4.78 is 0. The summed E-state index contributed by atoms with van der Waals surface area (Å²) in [5, 5.41) is 8.15. The first kappa shape index (κ1) is 15.4. The molecule has 0 bridgehead atoms. The van der Waals surface area contributed by atoms with Crippen LogP contribution in [0.1, 0.15) is 0 Å². The molecule has 0 atom stereocenters. The van der Waals surface area contributed by atoms with Gasteiger partial charge in [-0.25, -0.2) is 0 Å². The van der Waals surface area contributed by atoms with Crippen molar-refractivity contribution in [3.63, 3.8) is 0 Å². The Morgan fingerprint density at radius 1 is 1.09 bits per heavy atom. The van der Waals surface area contributed by atoms with E-state index in [1.807, 2.05) is 54.8 Å². The van der Waals surface area contributed by atoms with Gasteiger partial charge in [0.05, 0.1) is 6.54 Å². The summed E-state index contributed by atoms with van der Waals surface area (Å²) in [6.45, 7) is 0.228. The largest absolute Gasteiger partial charge is 0.376 e. The number of carbonyl (C=O) groups excluding carboxylic acids is 1. The summed E-state index contributed by atoms with van der Waals surface area (Å²) in [6.07, 6.45) is 5.58. The van der Waals surface area contributed by atoms with Crippen LogP contribution in [0.3, 0.4) is 0 Å². The third-order valence-corrected chi connectivity index (χ3v) is 4.17. The van der Waals surface area contributed by atoms with E-state index in [4.69, 9.17) is 0 Å². The van der Waals surface area contributed by atoms with E-state index >= 15 is 0 Å². The number of amides is 1. The molecular formula is C18H17N3OS. The third-order valence-electron chi connectivity index (χ3n) is 3.45. The first-order valence-corrected chi connectivity index (χ1v) is 8.48. The first-order chi connectivity index (χ1) is 11.2. The van der Waals surface area contributed by atoms with Crippen molar-refractivity contribution in [2.75, 3.05) is 23.4 Å². The second-order valence-corrected chi connectivity index (χ2v) is 5.95. The van der Waals surface area contributed by atoms with Crippen LogP contribution >= 0.6 is 11.8 Å². The monoisotopic (exact) mass is 323 g/mol. The van der Waals surface area contributed by atoms with E-state index < -0.39 is 0 Å². The van der Waals surface area contributed by atoms with Crippen molar-refractivity contribution in [3.8, 4) is 0 Å². The Morgan fingerprint density at radius 2 is 2.00 bits per heavy atom. The Kier molecular flexibility index (Phi) is 4.78. The van der Waals surface area contributed by atoms with Gasteiger partial charge in [0.15, 0.2) is 0 Å². The minimum Gasteiger partial charge on any atom is -0.376 e. The van der Waals surface area contributed by atoms with Gasteiger partial charge in [-0.05, 0) is 48.0 Å². The molecule has 0 aliphatic rings. The number of benzene rings is 2. The Balaban J connectivity index is 1.61. The molecule has 23 heavy (non-hydrogen) atoms. The lowest BCUT2D eigenvalue weighted by molar-refractivity contribution is -0.114. The van der Waals surface area contributed by atoms with Gasteiger partial charge in [-0.15, -0.1) is 11.8 Å². The van der Waals surface area contributed by atoms with E-state index in [2.05, 4.69) is 15.6 Å². The molecule has 1 aromatic heterocycles. The summed E-state index contributed by atoms with van der Waals surface area (Å²) in [4.78, 5) is 17.3. The van der Waals surface area contributed by atoms with Crippen LogP contribution in [0, 0.1) is 0 Å². The van der Waals surface area contributed by atoms with Crippen LogP contribution in [0.15, 0.2) is 65.8 Å². The SMILES string of the molecule is CSc1cccc(NCC(=O)Nc2ccc3cnccc3c2)c1. The molecule has 0 aliphatic heterocycles. The minimum absolute atomic E-state index is 0.0760. The van der Waals surface area contributed by atoms with Gasteiger partial charge in [-0.1, -0.05) is 12.1 Å². The lowest BCUT2D eigenvalue weighted by atomic mass is 10.1. The van der Waals surface area contributed by atoms with Gasteiger partial charge in [0.25, 0.3) is 0 Å². The zero-order valence-corrected chi connectivity index (χ0v) is 13.6. The predicted molar refractivity (Wildman–Crippen MR) is 97.1 cm³/mol. The fourth-order valence-electron chi connectivity index (χ4n) is 2.28. The maximum Gasteiger partial charge on any atom is 0.243 e. The average Bonchev–Trinajstić information content (AvgIpc) is 2.60. The average molecular weight is 323 g/mol. The lowest BCUT2D eigenvalue weighted by Crippen LogP contribution is -2.21. The number of anilines is 2. The molecule has 0 radical (unpaired) electrons. The van der Waals surface area contributed by atoms with E-state index in [9.17, 15) is 4.79 Å². The molecule has 3 aromatic rings. The summed E-state index contributed by atoms with van der Waals surface area (Å²) in [6, 6.07) is 15.7. The second-order valence-electron chi connectivity index (χ2n) is 5.07. The molecule has 0 saturated carbocycles. The van der Waals surface area contributed by atoms with Gasteiger partial charge < -0.3 is 10.6 Å².